The highest BCUT2D eigenvalue weighted by Gasteiger charge is 2.59. The lowest BCUT2D eigenvalue weighted by Gasteiger charge is -2.58. The van der Waals surface area contributed by atoms with Crippen LogP contribution in [0.2, 0.25) is 30.1 Å². The molecule has 10 aliphatic rings. The summed E-state index contributed by atoms with van der Waals surface area (Å²) in [4.78, 5) is 47.4. The Morgan fingerprint density at radius 2 is 0.946 bits per heavy atom. The van der Waals surface area contributed by atoms with Crippen LogP contribution in [-0.4, -0.2) is 117 Å². The van der Waals surface area contributed by atoms with Gasteiger partial charge < -0.3 is 27.6 Å². The number of rotatable bonds is 9. The molecule has 0 radical (unpaired) electrons. The maximum absolute atomic E-state index is 14.7. The highest BCUT2D eigenvalue weighted by molar-refractivity contribution is 7.91. The fraction of sp³-hybridized carbons (Fsp3) is 0.636. The molecule has 3 amide bonds. The second-order valence-corrected chi connectivity index (χ2v) is 27.2. The topological polar surface area (TPSA) is 260 Å². The molecule has 2 aromatic carbocycles. The lowest BCUT2D eigenvalue weighted by atomic mass is 9.47. The zero-order valence-electron chi connectivity index (χ0n) is 39.0. The first-order chi connectivity index (χ1) is 33.7. The van der Waals surface area contributed by atoms with Crippen LogP contribution in [0.15, 0.2) is 24.3 Å². The van der Waals surface area contributed by atoms with Gasteiger partial charge in [-0.2, -0.15) is 25.4 Å². The minimum atomic E-state index is -4.57. The number of halogens is 11. The number of hydrogen-bond donors (Lipinski definition) is 5. The van der Waals surface area contributed by atoms with Gasteiger partial charge in [0, 0.05) is 34.4 Å². The normalized spacial score (nSPS) is 33.6. The first-order valence-electron chi connectivity index (χ1n) is 23.2. The maximum atomic E-state index is 14.7. The molecule has 4 unspecified atom stereocenters. The molecular formula is C44H55Cl7F4N8O9S2. The Bertz CT molecular complexity index is 2760. The molecule has 8 N–H and O–H groups in total. The zero-order valence-corrected chi connectivity index (χ0v) is 46.0. The summed E-state index contributed by atoms with van der Waals surface area (Å²) in [6.07, 6.45) is 9.07. The van der Waals surface area contributed by atoms with Gasteiger partial charge in [-0.05, 0) is 124 Å². The number of primary amides is 2. The number of nitrogens with zero attached hydrogens (tertiary/aromatic N) is 4. The van der Waals surface area contributed by atoms with Gasteiger partial charge in [-0.1, -0.05) is 69.6 Å². The summed E-state index contributed by atoms with van der Waals surface area (Å²) in [5.74, 6) is -7.27. The molecule has 8 saturated carbocycles. The Kier molecular flexibility index (Phi) is 17.0. The number of benzene rings is 2. The van der Waals surface area contributed by atoms with Crippen LogP contribution in [0, 0.1) is 46.3 Å². The van der Waals surface area contributed by atoms with Crippen molar-refractivity contribution in [3.8, 4) is 0 Å². The summed E-state index contributed by atoms with van der Waals surface area (Å²) >= 11 is 35.6. The lowest BCUT2D eigenvalue weighted by Crippen LogP contribution is -2.64. The van der Waals surface area contributed by atoms with Crippen LogP contribution < -0.4 is 31.1 Å². The molecule has 10 fully saturated rings. The van der Waals surface area contributed by atoms with Crippen LogP contribution in [0.3, 0.4) is 0 Å². The number of carboxylic acids is 1. The molecule has 2 aliphatic heterocycles. The minimum absolute atomic E-state index is 0. The van der Waals surface area contributed by atoms with E-state index in [1.807, 2.05) is 0 Å². The van der Waals surface area contributed by atoms with E-state index in [9.17, 15) is 53.6 Å². The van der Waals surface area contributed by atoms with Crippen LogP contribution >= 0.6 is 82.0 Å². The summed E-state index contributed by atoms with van der Waals surface area (Å²) in [7, 11) is -9.12. The summed E-state index contributed by atoms with van der Waals surface area (Å²) in [5, 5.41) is 10.9. The quantitative estimate of drug-likeness (QED) is 0.155. The van der Waals surface area contributed by atoms with Crippen molar-refractivity contribution in [3.63, 3.8) is 0 Å². The maximum Gasteiger partial charge on any atom is 0.318 e. The van der Waals surface area contributed by atoms with Crippen molar-refractivity contribution in [2.45, 2.75) is 88.1 Å². The van der Waals surface area contributed by atoms with Crippen molar-refractivity contribution in [1.29, 1.82) is 0 Å². The number of alkyl halides is 4. The molecule has 8 bridgehead atoms. The van der Waals surface area contributed by atoms with Gasteiger partial charge in [0.05, 0.1) is 51.1 Å². The number of carbonyl (C=O) groups is 4. The van der Waals surface area contributed by atoms with Gasteiger partial charge in [0.25, 0.3) is 11.8 Å². The van der Waals surface area contributed by atoms with E-state index in [-0.39, 0.29) is 94.8 Å². The van der Waals surface area contributed by atoms with Gasteiger partial charge in [0.1, 0.15) is 19.6 Å². The predicted octanol–water partition coefficient (Wildman–Crippen LogP) is 7.47. The van der Waals surface area contributed by atoms with Gasteiger partial charge in [-0.3, -0.25) is 19.2 Å². The van der Waals surface area contributed by atoms with Crippen LogP contribution in [0.4, 0.5) is 28.9 Å². The highest BCUT2D eigenvalue weighted by atomic mass is 35.5. The lowest BCUT2D eigenvalue weighted by molar-refractivity contribution is -0.147. The SMILES string of the molecule is Cl.NC(=O)C12CC3CC(C1)C(N)C(C3)C2.NC(=O)C12CC3CC(C1)C(NC(=O)CN1CC(F)(F)CN(c4c(Cl)cc(Cl)cc4Cl)S1(=O)=O)C(C3)C2.O=C(O)CN1CC(F)(F)CN(c2c(Cl)cc(Cl)cc2Cl)S1(=O)=O.[HH]. The molecule has 0 aromatic heterocycles. The van der Waals surface area contributed by atoms with E-state index >= 15 is 0 Å². The number of carboxylic acid groups (broad SMARTS) is 1. The molecule has 0 spiro atoms. The second kappa shape index (κ2) is 21.3. The Morgan fingerprint density at radius 1 is 0.608 bits per heavy atom. The summed E-state index contributed by atoms with van der Waals surface area (Å²) in [6, 6.07) is 4.79. The average molecular weight is 1230 g/mol. The Balaban J connectivity index is 0.000000200. The third kappa shape index (κ3) is 11.6. The second-order valence-electron chi connectivity index (χ2n) is 21.0. The number of anilines is 2. The van der Waals surface area contributed by atoms with Crippen molar-refractivity contribution in [2.24, 2.45) is 63.5 Å². The molecule has 12 rings (SSSR count). The molecule has 2 saturated heterocycles. The van der Waals surface area contributed by atoms with E-state index < -0.39 is 88.8 Å². The van der Waals surface area contributed by atoms with Gasteiger partial charge in [-0.15, -0.1) is 12.4 Å². The van der Waals surface area contributed by atoms with Gasteiger partial charge in [-0.25, -0.2) is 26.2 Å². The van der Waals surface area contributed by atoms with Gasteiger partial charge >= 0.3 is 26.4 Å². The number of carbonyl (C=O) groups excluding carboxylic acids is 3. The van der Waals surface area contributed by atoms with E-state index in [1.54, 1.807) is 0 Å². The van der Waals surface area contributed by atoms with Crippen molar-refractivity contribution in [3.05, 3.63) is 54.4 Å². The molecule has 2 aromatic rings. The largest absolute Gasteiger partial charge is 0.480 e. The van der Waals surface area contributed by atoms with Gasteiger partial charge in [0.2, 0.25) is 17.7 Å². The van der Waals surface area contributed by atoms with Crippen molar-refractivity contribution in [2.75, 3.05) is 47.9 Å². The molecule has 4 atom stereocenters. The number of nitrogens with two attached hydrogens (primary N) is 3. The van der Waals surface area contributed by atoms with E-state index in [4.69, 9.17) is 91.9 Å². The molecule has 74 heavy (non-hydrogen) atoms. The van der Waals surface area contributed by atoms with E-state index in [0.29, 0.717) is 49.6 Å². The number of aliphatic carboxylic acids is 1. The van der Waals surface area contributed by atoms with Crippen molar-refractivity contribution >= 4 is 137 Å². The minimum Gasteiger partial charge on any atom is -0.480 e. The fourth-order valence-electron chi connectivity index (χ4n) is 13.3. The van der Waals surface area contributed by atoms with E-state index in [0.717, 1.165) is 56.6 Å². The van der Waals surface area contributed by atoms with Crippen molar-refractivity contribution < 1.29 is 60.1 Å². The number of hydrogen-bond acceptors (Lipinski definition) is 9. The first-order valence-corrected chi connectivity index (χ1v) is 28.3. The van der Waals surface area contributed by atoms with Gasteiger partial charge in [0.15, 0.2) is 0 Å². The molecule has 17 nitrogen and oxygen atoms in total. The van der Waals surface area contributed by atoms with E-state index in [2.05, 4.69) is 5.32 Å². The Labute approximate surface area is 462 Å². The van der Waals surface area contributed by atoms with E-state index in [1.165, 1.54) is 25.0 Å². The smallest absolute Gasteiger partial charge is 0.318 e. The molecule has 2 heterocycles. The Morgan fingerprint density at radius 3 is 1.30 bits per heavy atom. The molecular weight excluding hydrogens is 1170 g/mol. The standard InChI is InChI=1S/C22H25Cl3F2N4O4S.C11H9Cl3F2N2O4S.C11H18N2O.ClH.H2/c23-14-3-15(24)19(16(25)4-14)31-10-22(26,27)9-30(36(31,34)35)8-17(32)29-18-12-1-11-2-13(18)7-21(5-11,6-12)20(28)33;12-6-1-7(13)10(8(14)2-6)18-5-11(15,16)4-17(3-9(19)20)23(18,21)22;12-9-7-1-6-2-8(9)5-11(3-6,4-7)10(13)14;;/h3-4,11-13,18H,1-2,5-10H2,(H2,28,33)(H,29,32);1-2H,3-5H2,(H,19,20);6-9H,1-5,12H2,(H2,13,14);2*1H. The number of nitrogens with one attached hydrogen (secondary N) is 1. The van der Waals surface area contributed by atoms with Crippen LogP contribution in [0.1, 0.15) is 65.6 Å². The summed E-state index contributed by atoms with van der Waals surface area (Å²) < 4.78 is 110. The van der Waals surface area contributed by atoms with Crippen LogP contribution in [-0.2, 0) is 39.6 Å². The fourth-order valence-corrected chi connectivity index (χ4v) is 18.9. The Hall–Kier alpha value is -2.55. The monoisotopic (exact) mass is 1220 g/mol. The molecule has 30 heteroatoms. The van der Waals surface area contributed by atoms with Crippen LogP contribution in [0.5, 0.6) is 0 Å². The average Bonchev–Trinajstić information content (AvgIpc) is 3.23. The predicted molar refractivity (Wildman–Crippen MR) is 276 cm³/mol. The molecule has 8 aliphatic carbocycles. The van der Waals surface area contributed by atoms with Crippen LogP contribution in [0.25, 0.3) is 0 Å². The first kappa shape index (κ1) is 59.1. The zero-order chi connectivity index (χ0) is 53.7. The van der Waals surface area contributed by atoms with Crippen molar-refractivity contribution in [1.82, 2.24) is 13.9 Å². The molecule has 414 valence electrons. The third-order valence-corrected chi connectivity index (χ3v) is 21.0. The summed E-state index contributed by atoms with van der Waals surface area (Å²) in [5.41, 5.74) is 16.0. The highest BCUT2D eigenvalue weighted by Crippen LogP contribution is 2.61. The number of amides is 3. The third-order valence-electron chi connectivity index (χ3n) is 15.9. The summed E-state index contributed by atoms with van der Waals surface area (Å²) in [6.45, 7) is -6.72.